The summed E-state index contributed by atoms with van der Waals surface area (Å²) in [6, 6.07) is 0.266. The predicted octanol–water partition coefficient (Wildman–Crippen LogP) is 0.319. The summed E-state index contributed by atoms with van der Waals surface area (Å²) in [4.78, 5) is 12.2. The zero-order chi connectivity index (χ0) is 8.85. The summed E-state index contributed by atoms with van der Waals surface area (Å²) in [6.07, 6.45) is 0.772. The zero-order valence-electron chi connectivity index (χ0n) is 7.79. The molecule has 1 amide bonds. The Hall–Kier alpha value is -0.570. The van der Waals surface area contributed by atoms with Crippen molar-refractivity contribution in [2.45, 2.75) is 19.9 Å². The van der Waals surface area contributed by atoms with Crippen LogP contribution in [0, 0.1) is 5.92 Å². The molecule has 0 bridgehead atoms. The van der Waals surface area contributed by atoms with E-state index >= 15 is 0 Å². The van der Waals surface area contributed by atoms with Crippen molar-refractivity contribution in [1.29, 1.82) is 0 Å². The average Bonchev–Trinajstić information content (AvgIpc) is 1.86. The SMILES string of the molecule is CC(C)C(CN(C)C)NC=O. The van der Waals surface area contributed by atoms with Crippen LogP contribution in [0.4, 0.5) is 0 Å². The van der Waals surface area contributed by atoms with E-state index in [1.807, 2.05) is 14.1 Å². The van der Waals surface area contributed by atoms with Gasteiger partial charge in [-0.15, -0.1) is 0 Å². The van der Waals surface area contributed by atoms with Crippen molar-refractivity contribution >= 4 is 6.41 Å². The Balaban J connectivity index is 3.78. The smallest absolute Gasteiger partial charge is 0.207 e. The topological polar surface area (TPSA) is 32.3 Å². The van der Waals surface area contributed by atoms with E-state index in [1.165, 1.54) is 0 Å². The minimum Gasteiger partial charge on any atom is -0.354 e. The van der Waals surface area contributed by atoms with Crippen LogP contribution in [0.1, 0.15) is 13.8 Å². The number of rotatable bonds is 5. The molecule has 0 aromatic carbocycles. The van der Waals surface area contributed by atoms with Crippen molar-refractivity contribution < 1.29 is 4.79 Å². The summed E-state index contributed by atoms with van der Waals surface area (Å²) in [6.45, 7) is 5.10. The van der Waals surface area contributed by atoms with Gasteiger partial charge in [-0.05, 0) is 20.0 Å². The van der Waals surface area contributed by atoms with Gasteiger partial charge in [-0.25, -0.2) is 0 Å². The zero-order valence-corrected chi connectivity index (χ0v) is 7.79. The van der Waals surface area contributed by atoms with Crippen molar-refractivity contribution in [3.05, 3.63) is 0 Å². The summed E-state index contributed by atoms with van der Waals surface area (Å²) in [5.41, 5.74) is 0. The molecule has 0 radical (unpaired) electrons. The first-order valence-corrected chi connectivity index (χ1v) is 3.92. The molecule has 1 atom stereocenters. The molecule has 0 aliphatic carbocycles. The van der Waals surface area contributed by atoms with Crippen molar-refractivity contribution in [3.63, 3.8) is 0 Å². The van der Waals surface area contributed by atoms with E-state index < -0.39 is 0 Å². The van der Waals surface area contributed by atoms with Crippen LogP contribution >= 0.6 is 0 Å². The van der Waals surface area contributed by atoms with Gasteiger partial charge in [0.05, 0.1) is 0 Å². The van der Waals surface area contributed by atoms with E-state index in [-0.39, 0.29) is 6.04 Å². The molecule has 3 heteroatoms. The third-order valence-electron chi connectivity index (χ3n) is 1.65. The maximum absolute atomic E-state index is 10.2. The molecule has 0 rings (SSSR count). The summed E-state index contributed by atoms with van der Waals surface area (Å²) in [7, 11) is 4.00. The highest BCUT2D eigenvalue weighted by molar-refractivity contribution is 5.46. The van der Waals surface area contributed by atoms with Gasteiger partial charge in [0, 0.05) is 12.6 Å². The molecule has 11 heavy (non-hydrogen) atoms. The third kappa shape index (κ3) is 4.79. The van der Waals surface area contributed by atoms with Crippen molar-refractivity contribution in [2.75, 3.05) is 20.6 Å². The van der Waals surface area contributed by atoms with E-state index in [2.05, 4.69) is 24.1 Å². The quantitative estimate of drug-likeness (QED) is 0.584. The molecule has 1 unspecified atom stereocenters. The number of nitrogens with one attached hydrogen (secondary N) is 1. The van der Waals surface area contributed by atoms with Crippen LogP contribution in [0.25, 0.3) is 0 Å². The Labute approximate surface area is 68.8 Å². The van der Waals surface area contributed by atoms with Crippen LogP contribution in [-0.2, 0) is 4.79 Å². The van der Waals surface area contributed by atoms with E-state index in [9.17, 15) is 4.79 Å². The lowest BCUT2D eigenvalue weighted by molar-refractivity contribution is -0.110. The maximum atomic E-state index is 10.2. The van der Waals surface area contributed by atoms with Crippen molar-refractivity contribution in [1.82, 2.24) is 10.2 Å². The molecule has 0 aliphatic rings. The number of hydrogen-bond donors (Lipinski definition) is 1. The highest BCUT2D eigenvalue weighted by atomic mass is 16.1. The summed E-state index contributed by atoms with van der Waals surface area (Å²) >= 11 is 0. The Kier molecular flexibility index (Phi) is 4.86. The first-order chi connectivity index (χ1) is 5.07. The van der Waals surface area contributed by atoms with Crippen LogP contribution in [0.3, 0.4) is 0 Å². The minimum atomic E-state index is 0.266. The lowest BCUT2D eigenvalue weighted by Gasteiger charge is -2.23. The van der Waals surface area contributed by atoms with Crippen LogP contribution in [-0.4, -0.2) is 38.0 Å². The Bertz CT molecular complexity index is 113. The highest BCUT2D eigenvalue weighted by Crippen LogP contribution is 2.00. The summed E-state index contributed by atoms with van der Waals surface area (Å²) in [5, 5.41) is 2.79. The number of hydrogen-bond acceptors (Lipinski definition) is 2. The van der Waals surface area contributed by atoms with Crippen LogP contribution in [0.5, 0.6) is 0 Å². The fourth-order valence-corrected chi connectivity index (χ4v) is 0.937. The molecule has 0 spiro atoms. The maximum Gasteiger partial charge on any atom is 0.207 e. The number of likely N-dealkylation sites (N-methyl/N-ethyl adjacent to an activating group) is 1. The monoisotopic (exact) mass is 158 g/mol. The standard InChI is InChI=1S/C8H18N2O/c1-7(2)8(9-6-11)5-10(3)4/h6-8H,5H2,1-4H3,(H,9,11). The van der Waals surface area contributed by atoms with E-state index in [1.54, 1.807) is 0 Å². The van der Waals surface area contributed by atoms with Gasteiger partial charge in [0.2, 0.25) is 6.41 Å². The molecular weight excluding hydrogens is 140 g/mol. The number of carbonyl (C=O) groups excluding carboxylic acids is 1. The Morgan fingerprint density at radius 3 is 2.27 bits per heavy atom. The molecule has 0 aromatic heterocycles. The van der Waals surface area contributed by atoms with Gasteiger partial charge < -0.3 is 10.2 Å². The normalized spacial score (nSPS) is 13.6. The van der Waals surface area contributed by atoms with Gasteiger partial charge in [0.25, 0.3) is 0 Å². The highest BCUT2D eigenvalue weighted by Gasteiger charge is 2.11. The molecule has 1 N–H and O–H groups in total. The molecule has 0 fully saturated rings. The largest absolute Gasteiger partial charge is 0.354 e. The van der Waals surface area contributed by atoms with Gasteiger partial charge >= 0.3 is 0 Å². The summed E-state index contributed by atoms with van der Waals surface area (Å²) < 4.78 is 0. The van der Waals surface area contributed by atoms with Gasteiger partial charge in [-0.1, -0.05) is 13.8 Å². The first-order valence-electron chi connectivity index (χ1n) is 3.92. The minimum absolute atomic E-state index is 0.266. The number of carbonyl (C=O) groups is 1. The predicted molar refractivity (Wildman–Crippen MR) is 46.4 cm³/mol. The fraction of sp³-hybridized carbons (Fsp3) is 0.875. The first kappa shape index (κ1) is 10.4. The average molecular weight is 158 g/mol. The Morgan fingerprint density at radius 1 is 1.45 bits per heavy atom. The van der Waals surface area contributed by atoms with Crippen LogP contribution in [0.2, 0.25) is 0 Å². The Morgan fingerprint density at radius 2 is 2.00 bits per heavy atom. The molecule has 0 saturated carbocycles. The second-order valence-electron chi connectivity index (χ2n) is 3.40. The second-order valence-corrected chi connectivity index (χ2v) is 3.40. The van der Waals surface area contributed by atoms with Gasteiger partial charge in [-0.2, -0.15) is 0 Å². The molecule has 0 aromatic rings. The van der Waals surface area contributed by atoms with E-state index in [0.717, 1.165) is 13.0 Å². The summed E-state index contributed by atoms with van der Waals surface area (Å²) in [5.74, 6) is 0.489. The molecule has 66 valence electrons. The van der Waals surface area contributed by atoms with Gasteiger partial charge in [0.1, 0.15) is 0 Å². The van der Waals surface area contributed by atoms with Gasteiger partial charge in [-0.3, -0.25) is 4.79 Å². The molecule has 3 nitrogen and oxygen atoms in total. The number of amides is 1. The van der Waals surface area contributed by atoms with Crippen molar-refractivity contribution in [2.24, 2.45) is 5.92 Å². The van der Waals surface area contributed by atoms with E-state index in [4.69, 9.17) is 0 Å². The van der Waals surface area contributed by atoms with E-state index in [0.29, 0.717) is 5.92 Å². The number of nitrogens with zero attached hydrogens (tertiary/aromatic N) is 1. The van der Waals surface area contributed by atoms with Crippen LogP contribution in [0.15, 0.2) is 0 Å². The molecule has 0 aliphatic heterocycles. The molecule has 0 heterocycles. The lowest BCUT2D eigenvalue weighted by Crippen LogP contribution is -2.41. The van der Waals surface area contributed by atoms with Gasteiger partial charge in [0.15, 0.2) is 0 Å². The fourth-order valence-electron chi connectivity index (χ4n) is 0.937. The second kappa shape index (κ2) is 5.13. The lowest BCUT2D eigenvalue weighted by atomic mass is 10.0. The molecule has 0 saturated heterocycles. The molecular formula is C8H18N2O. The van der Waals surface area contributed by atoms with Crippen LogP contribution < -0.4 is 5.32 Å². The third-order valence-corrected chi connectivity index (χ3v) is 1.65. The van der Waals surface area contributed by atoms with Crippen molar-refractivity contribution in [3.8, 4) is 0 Å².